The molecule has 20 heavy (non-hydrogen) atoms. The first-order chi connectivity index (χ1) is 9.56. The Morgan fingerprint density at radius 1 is 1.15 bits per heavy atom. The van der Waals surface area contributed by atoms with Crippen LogP contribution in [0.1, 0.15) is 11.3 Å². The number of rotatable bonds is 1. The van der Waals surface area contributed by atoms with Gasteiger partial charge in [-0.25, -0.2) is 9.97 Å². The molecule has 0 aliphatic heterocycles. The van der Waals surface area contributed by atoms with Crippen LogP contribution >= 0.6 is 28.1 Å². The number of halogens is 1. The number of para-hydroxylation sites is 1. The van der Waals surface area contributed by atoms with Gasteiger partial charge in [0.15, 0.2) is 5.82 Å². The van der Waals surface area contributed by atoms with Gasteiger partial charge >= 0.3 is 0 Å². The Morgan fingerprint density at radius 2 is 1.90 bits per heavy atom. The lowest BCUT2D eigenvalue weighted by Gasteiger charge is -2.08. The van der Waals surface area contributed by atoms with Gasteiger partial charge in [-0.2, -0.15) is 0 Å². The van der Waals surface area contributed by atoms with Crippen molar-refractivity contribution in [2.45, 2.75) is 13.8 Å². The highest BCUT2D eigenvalue weighted by Gasteiger charge is 2.11. The smallest absolute Gasteiger partial charge is 0.159 e. The first-order valence-corrected chi connectivity index (χ1v) is 7.39. The Hall–Kier alpha value is -1.59. The van der Waals surface area contributed by atoms with Crippen LogP contribution in [-0.4, -0.2) is 15.0 Å². The van der Waals surface area contributed by atoms with Crippen molar-refractivity contribution < 1.29 is 0 Å². The van der Waals surface area contributed by atoms with Crippen LogP contribution in [0, 0.1) is 18.5 Å². The molecule has 0 aliphatic rings. The maximum Gasteiger partial charge on any atom is 0.159 e. The summed E-state index contributed by atoms with van der Waals surface area (Å²) >= 11 is 8.86. The highest BCUT2D eigenvalue weighted by atomic mass is 79.9. The Morgan fingerprint density at radius 3 is 2.65 bits per heavy atom. The van der Waals surface area contributed by atoms with Gasteiger partial charge < -0.3 is 4.98 Å². The number of nitrogens with one attached hydrogen (secondary N) is 1. The summed E-state index contributed by atoms with van der Waals surface area (Å²) in [5.74, 6) is 0.690. The average molecular weight is 346 g/mol. The Kier molecular flexibility index (Phi) is 3.40. The van der Waals surface area contributed by atoms with Gasteiger partial charge in [-0.1, -0.05) is 30.4 Å². The molecule has 1 N–H and O–H groups in total. The Labute approximate surface area is 130 Å². The summed E-state index contributed by atoms with van der Waals surface area (Å²) in [5, 5.41) is 1.09. The molecule has 3 rings (SSSR count). The van der Waals surface area contributed by atoms with Gasteiger partial charge in [-0.15, -0.1) is 0 Å². The van der Waals surface area contributed by atoms with Crippen LogP contribution in [0.3, 0.4) is 0 Å². The highest BCUT2D eigenvalue weighted by molar-refractivity contribution is 9.10. The van der Waals surface area contributed by atoms with E-state index in [0.29, 0.717) is 10.5 Å². The third-order valence-electron chi connectivity index (χ3n) is 3.30. The molecule has 0 atom stereocenters. The summed E-state index contributed by atoms with van der Waals surface area (Å²) in [6, 6.07) is 10.0. The number of fused-ring (bicyclic) bond motifs is 1. The van der Waals surface area contributed by atoms with Gasteiger partial charge in [0, 0.05) is 21.1 Å². The summed E-state index contributed by atoms with van der Waals surface area (Å²) in [4.78, 5) is 12.4. The van der Waals surface area contributed by atoms with Crippen molar-refractivity contribution in [3.05, 3.63) is 50.7 Å². The van der Waals surface area contributed by atoms with E-state index in [9.17, 15) is 0 Å². The van der Waals surface area contributed by atoms with E-state index in [1.165, 1.54) is 0 Å². The van der Waals surface area contributed by atoms with Crippen LogP contribution in [0.15, 0.2) is 34.8 Å². The van der Waals surface area contributed by atoms with Crippen LogP contribution < -0.4 is 0 Å². The lowest BCUT2D eigenvalue weighted by atomic mass is 10.2. The van der Waals surface area contributed by atoms with Crippen LogP contribution in [0.5, 0.6) is 0 Å². The monoisotopic (exact) mass is 345 g/mol. The summed E-state index contributed by atoms with van der Waals surface area (Å²) in [5.41, 5.74) is 3.73. The molecule has 0 radical (unpaired) electrons. The minimum Gasteiger partial charge on any atom is -0.342 e. The minimum atomic E-state index is 0.609. The maximum absolute atomic E-state index is 5.29. The molecule has 0 spiro atoms. The van der Waals surface area contributed by atoms with Crippen LogP contribution in [0.2, 0.25) is 0 Å². The SMILES string of the molecule is Cc1[nH]c(-c2nc3ccccc3cc2Br)nc(=S)c1C. The van der Waals surface area contributed by atoms with E-state index in [1.54, 1.807) is 0 Å². The van der Waals surface area contributed by atoms with Crippen molar-refractivity contribution in [1.82, 2.24) is 15.0 Å². The molecular weight excluding hydrogens is 334 g/mol. The van der Waals surface area contributed by atoms with E-state index in [1.807, 2.05) is 44.2 Å². The topological polar surface area (TPSA) is 41.6 Å². The third-order valence-corrected chi connectivity index (χ3v) is 4.31. The lowest BCUT2D eigenvalue weighted by Crippen LogP contribution is -1.99. The normalized spacial score (nSPS) is 10.9. The number of benzene rings is 1. The molecule has 0 aliphatic carbocycles. The number of pyridine rings is 1. The summed E-state index contributed by atoms with van der Waals surface area (Å²) in [7, 11) is 0. The molecule has 5 heteroatoms. The van der Waals surface area contributed by atoms with Crippen molar-refractivity contribution in [2.24, 2.45) is 0 Å². The molecule has 0 saturated carbocycles. The molecule has 3 aromatic rings. The van der Waals surface area contributed by atoms with Crippen molar-refractivity contribution in [1.29, 1.82) is 0 Å². The molecular formula is C15H12BrN3S. The number of aromatic nitrogens is 3. The van der Waals surface area contributed by atoms with E-state index >= 15 is 0 Å². The minimum absolute atomic E-state index is 0.609. The van der Waals surface area contributed by atoms with E-state index in [-0.39, 0.29) is 0 Å². The zero-order valence-corrected chi connectivity index (χ0v) is 13.5. The molecule has 0 unspecified atom stereocenters. The second-order valence-electron chi connectivity index (χ2n) is 4.65. The van der Waals surface area contributed by atoms with Crippen LogP contribution in [0.4, 0.5) is 0 Å². The zero-order chi connectivity index (χ0) is 14.3. The number of H-pyrrole nitrogens is 1. The fraction of sp³-hybridized carbons (Fsp3) is 0.133. The molecule has 100 valence electrons. The largest absolute Gasteiger partial charge is 0.342 e. The summed E-state index contributed by atoms with van der Waals surface area (Å²) < 4.78 is 1.51. The second kappa shape index (κ2) is 5.07. The maximum atomic E-state index is 5.29. The number of aromatic amines is 1. The van der Waals surface area contributed by atoms with E-state index < -0.39 is 0 Å². The van der Waals surface area contributed by atoms with Gasteiger partial charge in [-0.05, 0) is 41.9 Å². The molecule has 2 heterocycles. The summed E-state index contributed by atoms with van der Waals surface area (Å²) in [6.45, 7) is 3.96. The van der Waals surface area contributed by atoms with Crippen molar-refractivity contribution in [2.75, 3.05) is 0 Å². The van der Waals surface area contributed by atoms with Gasteiger partial charge in [0.05, 0.1) is 5.52 Å². The molecule has 0 bridgehead atoms. The fourth-order valence-corrected chi connectivity index (χ4v) is 2.78. The molecule has 1 aromatic carbocycles. The number of hydrogen-bond donors (Lipinski definition) is 1. The Balaban J connectivity index is 2.29. The molecule has 0 saturated heterocycles. The second-order valence-corrected chi connectivity index (χ2v) is 5.89. The number of nitrogens with zero attached hydrogens (tertiary/aromatic N) is 2. The Bertz CT molecular complexity index is 871. The van der Waals surface area contributed by atoms with E-state index in [4.69, 9.17) is 12.2 Å². The van der Waals surface area contributed by atoms with E-state index in [2.05, 4.69) is 30.9 Å². The first-order valence-electron chi connectivity index (χ1n) is 6.19. The van der Waals surface area contributed by atoms with E-state index in [0.717, 1.165) is 32.3 Å². The highest BCUT2D eigenvalue weighted by Crippen LogP contribution is 2.28. The van der Waals surface area contributed by atoms with Gasteiger partial charge in [0.2, 0.25) is 0 Å². The molecule has 0 fully saturated rings. The third kappa shape index (κ3) is 2.27. The zero-order valence-electron chi connectivity index (χ0n) is 11.1. The molecule has 2 aromatic heterocycles. The van der Waals surface area contributed by atoms with Crippen molar-refractivity contribution >= 4 is 39.1 Å². The van der Waals surface area contributed by atoms with Crippen LogP contribution in [-0.2, 0) is 0 Å². The average Bonchev–Trinajstić information content (AvgIpc) is 2.43. The van der Waals surface area contributed by atoms with Gasteiger partial charge in [0.1, 0.15) is 10.3 Å². The fourth-order valence-electron chi connectivity index (χ4n) is 2.01. The molecule has 3 nitrogen and oxygen atoms in total. The van der Waals surface area contributed by atoms with Crippen molar-refractivity contribution in [3.8, 4) is 11.5 Å². The standard InChI is InChI=1S/C15H12BrN3S/c1-8-9(2)17-14(19-15(8)20)13-11(16)7-10-5-3-4-6-12(10)18-13/h3-7H,1-2H3,(H,17,19,20). The number of hydrogen-bond acceptors (Lipinski definition) is 3. The quantitative estimate of drug-likeness (QED) is 0.648. The van der Waals surface area contributed by atoms with Gasteiger partial charge in [-0.3, -0.25) is 0 Å². The predicted molar refractivity (Wildman–Crippen MR) is 87.3 cm³/mol. The predicted octanol–water partition coefficient (Wildman–Crippen LogP) is 4.73. The van der Waals surface area contributed by atoms with Crippen molar-refractivity contribution in [3.63, 3.8) is 0 Å². The van der Waals surface area contributed by atoms with Crippen LogP contribution in [0.25, 0.3) is 22.4 Å². The first kappa shape index (κ1) is 13.4. The summed E-state index contributed by atoms with van der Waals surface area (Å²) in [6.07, 6.45) is 0. The number of aryl methyl sites for hydroxylation is 1. The van der Waals surface area contributed by atoms with Gasteiger partial charge in [0.25, 0.3) is 0 Å². The molecule has 0 amide bonds. The lowest BCUT2D eigenvalue weighted by molar-refractivity contribution is 1.04.